The Labute approximate surface area is 190 Å². The molecule has 162 valence electrons. The van der Waals surface area contributed by atoms with Gasteiger partial charge in [-0.3, -0.25) is 9.78 Å². The number of ether oxygens (including phenoxy) is 2. The summed E-state index contributed by atoms with van der Waals surface area (Å²) in [5.41, 5.74) is 3.26. The van der Waals surface area contributed by atoms with E-state index in [1.807, 2.05) is 54.6 Å². The fourth-order valence-corrected chi connectivity index (χ4v) is 3.56. The quantitative estimate of drug-likeness (QED) is 0.350. The number of benzene rings is 3. The van der Waals surface area contributed by atoms with Gasteiger partial charge >= 0.3 is 0 Å². The molecule has 2 heterocycles. The van der Waals surface area contributed by atoms with Crippen LogP contribution in [0.2, 0.25) is 0 Å². The van der Waals surface area contributed by atoms with Crippen LogP contribution in [-0.4, -0.2) is 17.1 Å². The minimum atomic E-state index is -0.371. The average Bonchev–Trinajstić information content (AvgIpc) is 2.88. The lowest BCUT2D eigenvalue weighted by Gasteiger charge is -2.09. The van der Waals surface area contributed by atoms with Gasteiger partial charge in [-0.25, -0.2) is 0 Å². The lowest BCUT2D eigenvalue weighted by Crippen LogP contribution is -2.09. The second-order valence-electron chi connectivity index (χ2n) is 7.41. The highest BCUT2D eigenvalue weighted by Crippen LogP contribution is 2.29. The fourth-order valence-electron chi connectivity index (χ4n) is 3.56. The Morgan fingerprint density at radius 2 is 1.52 bits per heavy atom. The highest BCUT2D eigenvalue weighted by atomic mass is 16.5. The van der Waals surface area contributed by atoms with Crippen LogP contribution in [0.4, 0.5) is 0 Å². The van der Waals surface area contributed by atoms with Gasteiger partial charge < -0.3 is 13.9 Å². The molecule has 0 N–H and O–H groups in total. The largest absolute Gasteiger partial charge is 0.497 e. The van der Waals surface area contributed by atoms with Crippen molar-refractivity contribution in [2.45, 2.75) is 6.61 Å². The van der Waals surface area contributed by atoms with E-state index in [-0.39, 0.29) is 11.4 Å². The highest BCUT2D eigenvalue weighted by molar-refractivity contribution is 5.92. The first-order chi connectivity index (χ1) is 16.2. The van der Waals surface area contributed by atoms with Gasteiger partial charge in [-0.1, -0.05) is 42.5 Å². The van der Waals surface area contributed by atoms with Crippen molar-refractivity contribution >= 4 is 11.0 Å². The summed E-state index contributed by atoms with van der Waals surface area (Å²) in [6.45, 7) is 0.484. The molecule has 6 nitrogen and oxygen atoms in total. The summed E-state index contributed by atoms with van der Waals surface area (Å²) in [6, 6.07) is 24.7. The topological polar surface area (TPSA) is 74.5 Å². The summed E-state index contributed by atoms with van der Waals surface area (Å²) < 4.78 is 17.0. The predicted molar refractivity (Wildman–Crippen MR) is 126 cm³/mol. The molecule has 0 aliphatic heterocycles. The summed E-state index contributed by atoms with van der Waals surface area (Å²) in [7, 11) is 1.60. The van der Waals surface area contributed by atoms with E-state index in [9.17, 15) is 4.79 Å². The van der Waals surface area contributed by atoms with E-state index in [4.69, 9.17) is 13.9 Å². The zero-order chi connectivity index (χ0) is 22.6. The van der Waals surface area contributed by atoms with Gasteiger partial charge in [0.05, 0.1) is 18.7 Å². The predicted octanol–water partition coefficient (Wildman–Crippen LogP) is 5.50. The van der Waals surface area contributed by atoms with Gasteiger partial charge in [0.2, 0.25) is 5.89 Å². The first-order valence-corrected chi connectivity index (χ1v) is 10.4. The highest BCUT2D eigenvalue weighted by Gasteiger charge is 2.14. The van der Waals surface area contributed by atoms with Gasteiger partial charge in [0.25, 0.3) is 5.56 Å². The lowest BCUT2D eigenvalue weighted by atomic mass is 10.0. The van der Waals surface area contributed by atoms with Crippen molar-refractivity contribution in [2.75, 3.05) is 7.11 Å². The third-order valence-corrected chi connectivity index (χ3v) is 5.29. The number of fused-ring (bicyclic) bond motifs is 1. The van der Waals surface area contributed by atoms with E-state index in [2.05, 4.69) is 9.97 Å². The number of pyridine rings is 1. The van der Waals surface area contributed by atoms with Crippen molar-refractivity contribution in [2.24, 2.45) is 0 Å². The zero-order valence-corrected chi connectivity index (χ0v) is 17.9. The number of nitrogens with zero attached hydrogens (tertiary/aromatic N) is 2. The molecule has 0 bridgehead atoms. The number of aromatic nitrogens is 2. The second kappa shape index (κ2) is 8.96. The molecule has 6 heteroatoms. The van der Waals surface area contributed by atoms with E-state index in [0.29, 0.717) is 34.5 Å². The van der Waals surface area contributed by atoms with E-state index in [1.54, 1.807) is 37.6 Å². The van der Waals surface area contributed by atoms with Crippen LogP contribution in [0.3, 0.4) is 0 Å². The summed E-state index contributed by atoms with van der Waals surface area (Å²) in [4.78, 5) is 21.4. The molecule has 0 spiro atoms. The normalized spacial score (nSPS) is 10.8. The molecule has 5 aromatic rings. The molecular formula is C27H20N2O4. The van der Waals surface area contributed by atoms with Crippen molar-refractivity contribution < 1.29 is 13.9 Å². The lowest BCUT2D eigenvalue weighted by molar-refractivity contribution is 0.306. The summed E-state index contributed by atoms with van der Waals surface area (Å²) >= 11 is 0. The van der Waals surface area contributed by atoms with Crippen molar-refractivity contribution in [3.63, 3.8) is 0 Å². The van der Waals surface area contributed by atoms with E-state index in [1.165, 1.54) is 6.20 Å². The molecule has 33 heavy (non-hydrogen) atoms. The van der Waals surface area contributed by atoms with Gasteiger partial charge in [-0.2, -0.15) is 4.98 Å². The number of rotatable bonds is 6. The molecule has 0 saturated carbocycles. The SMILES string of the molecule is COc1ccc(-c2nc(=O)c3c(-c4ccc(OCc5ccccc5)cc4)cncc3o2)cc1. The molecule has 0 saturated heterocycles. The standard InChI is InChI=1S/C27H20N2O4/c1-31-21-11-9-20(10-12-21)27-29-26(30)25-23(15-28-16-24(25)33-27)19-7-13-22(14-8-19)32-17-18-5-3-2-4-6-18/h2-16H,17H2,1H3. The van der Waals surface area contributed by atoms with Gasteiger partial charge in [-0.15, -0.1) is 0 Å². The molecule has 0 atom stereocenters. The zero-order valence-electron chi connectivity index (χ0n) is 17.9. The van der Waals surface area contributed by atoms with Crippen LogP contribution < -0.4 is 15.0 Å². The van der Waals surface area contributed by atoms with Crippen LogP contribution in [0.5, 0.6) is 11.5 Å². The van der Waals surface area contributed by atoms with Crippen LogP contribution in [0.25, 0.3) is 33.6 Å². The maximum absolute atomic E-state index is 13.0. The molecule has 3 aromatic carbocycles. The summed E-state index contributed by atoms with van der Waals surface area (Å²) in [5.74, 6) is 1.68. The Morgan fingerprint density at radius 3 is 2.24 bits per heavy atom. The Hall–Kier alpha value is -4.45. The van der Waals surface area contributed by atoms with Crippen LogP contribution in [0.1, 0.15) is 5.56 Å². The minimum Gasteiger partial charge on any atom is -0.497 e. The van der Waals surface area contributed by atoms with Crippen LogP contribution in [0, 0.1) is 0 Å². The van der Waals surface area contributed by atoms with E-state index in [0.717, 1.165) is 16.9 Å². The number of hydrogen-bond acceptors (Lipinski definition) is 6. The molecule has 0 aliphatic carbocycles. The fraction of sp³-hybridized carbons (Fsp3) is 0.0741. The van der Waals surface area contributed by atoms with Crippen molar-refractivity contribution in [3.05, 3.63) is 107 Å². The van der Waals surface area contributed by atoms with Crippen LogP contribution >= 0.6 is 0 Å². The molecule has 5 rings (SSSR count). The Bertz CT molecular complexity index is 1440. The molecule has 0 amide bonds. The first-order valence-electron chi connectivity index (χ1n) is 10.4. The third kappa shape index (κ3) is 4.32. The molecule has 2 aromatic heterocycles. The van der Waals surface area contributed by atoms with Crippen LogP contribution in [0.15, 0.2) is 100 Å². The number of hydrogen-bond donors (Lipinski definition) is 0. The van der Waals surface area contributed by atoms with Gasteiger partial charge in [-0.05, 0) is 47.5 Å². The van der Waals surface area contributed by atoms with E-state index >= 15 is 0 Å². The Kier molecular flexibility index (Phi) is 5.55. The molecular weight excluding hydrogens is 416 g/mol. The minimum absolute atomic E-state index is 0.235. The van der Waals surface area contributed by atoms with Crippen molar-refractivity contribution in [3.8, 4) is 34.1 Å². The Morgan fingerprint density at radius 1 is 0.818 bits per heavy atom. The third-order valence-electron chi connectivity index (χ3n) is 5.29. The second-order valence-corrected chi connectivity index (χ2v) is 7.41. The molecule has 0 fully saturated rings. The maximum Gasteiger partial charge on any atom is 0.284 e. The summed E-state index contributed by atoms with van der Waals surface area (Å²) in [5, 5.41) is 0.389. The summed E-state index contributed by atoms with van der Waals surface area (Å²) in [6.07, 6.45) is 3.18. The van der Waals surface area contributed by atoms with Gasteiger partial charge in [0, 0.05) is 17.3 Å². The van der Waals surface area contributed by atoms with Gasteiger partial charge in [0.1, 0.15) is 18.1 Å². The maximum atomic E-state index is 13.0. The molecule has 0 aliphatic rings. The Balaban J connectivity index is 1.45. The van der Waals surface area contributed by atoms with Crippen molar-refractivity contribution in [1.82, 2.24) is 9.97 Å². The van der Waals surface area contributed by atoms with Gasteiger partial charge in [0.15, 0.2) is 5.58 Å². The monoisotopic (exact) mass is 436 g/mol. The average molecular weight is 436 g/mol. The molecule has 0 radical (unpaired) electrons. The smallest absolute Gasteiger partial charge is 0.284 e. The van der Waals surface area contributed by atoms with Crippen molar-refractivity contribution in [1.29, 1.82) is 0 Å². The number of methoxy groups -OCH3 is 1. The van der Waals surface area contributed by atoms with E-state index < -0.39 is 0 Å². The first kappa shape index (κ1) is 20.5. The van der Waals surface area contributed by atoms with Crippen LogP contribution in [-0.2, 0) is 6.61 Å². The molecule has 0 unspecified atom stereocenters.